The summed E-state index contributed by atoms with van der Waals surface area (Å²) in [6.07, 6.45) is 2.50. The topological polar surface area (TPSA) is 61.7 Å². The molecule has 172 valence electrons. The average Bonchev–Trinajstić information content (AvgIpc) is 3.39. The van der Waals surface area contributed by atoms with E-state index in [1.165, 1.54) is 5.56 Å². The molecule has 3 heterocycles. The molecule has 0 spiro atoms. The lowest BCUT2D eigenvalue weighted by Crippen LogP contribution is -2.48. The Hall–Kier alpha value is -3.19. The first kappa shape index (κ1) is 21.6. The fourth-order valence-corrected chi connectivity index (χ4v) is 4.90. The Bertz CT molecular complexity index is 1160. The highest BCUT2D eigenvalue weighted by Gasteiger charge is 2.23. The molecule has 0 aliphatic carbocycles. The van der Waals surface area contributed by atoms with Crippen molar-refractivity contribution < 1.29 is 4.79 Å². The van der Waals surface area contributed by atoms with Gasteiger partial charge in [-0.25, -0.2) is 4.98 Å². The molecule has 0 atom stereocenters. The first-order valence-corrected chi connectivity index (χ1v) is 12.0. The molecular formula is C26H31N5O2. The van der Waals surface area contributed by atoms with E-state index in [1.807, 2.05) is 35.2 Å². The van der Waals surface area contributed by atoms with Crippen LogP contribution < -0.4 is 10.5 Å². The van der Waals surface area contributed by atoms with E-state index in [0.717, 1.165) is 69.7 Å². The summed E-state index contributed by atoms with van der Waals surface area (Å²) in [5.41, 5.74) is 2.82. The van der Waals surface area contributed by atoms with Gasteiger partial charge in [-0.05, 0) is 30.5 Å². The van der Waals surface area contributed by atoms with Crippen molar-refractivity contribution in [3.8, 4) is 0 Å². The number of aryl methyl sites for hydroxylation is 1. The summed E-state index contributed by atoms with van der Waals surface area (Å²) in [6, 6.07) is 18.2. The minimum atomic E-state index is -0.0870. The van der Waals surface area contributed by atoms with Crippen LogP contribution in [0.1, 0.15) is 24.8 Å². The number of nitrogens with zero attached hydrogens (tertiary/aromatic N) is 5. The molecule has 0 N–H and O–H groups in total. The van der Waals surface area contributed by atoms with E-state index in [1.54, 1.807) is 4.57 Å². The first-order valence-electron chi connectivity index (χ1n) is 12.0. The van der Waals surface area contributed by atoms with Crippen molar-refractivity contribution in [2.24, 2.45) is 0 Å². The molecule has 5 rings (SSSR count). The lowest BCUT2D eigenvalue weighted by atomic mass is 10.2. The monoisotopic (exact) mass is 445 g/mol. The maximum atomic E-state index is 13.3. The number of carbonyl (C=O) groups is 1. The molecule has 2 aliphatic heterocycles. The van der Waals surface area contributed by atoms with Crippen LogP contribution in [0.5, 0.6) is 0 Å². The van der Waals surface area contributed by atoms with Crippen LogP contribution in [0.4, 0.5) is 5.82 Å². The van der Waals surface area contributed by atoms with Crippen LogP contribution in [0, 0.1) is 0 Å². The molecule has 0 unspecified atom stereocenters. The second-order valence-electron chi connectivity index (χ2n) is 8.97. The van der Waals surface area contributed by atoms with Gasteiger partial charge in [0.05, 0.1) is 11.0 Å². The number of para-hydroxylation sites is 2. The van der Waals surface area contributed by atoms with Crippen LogP contribution in [0.2, 0.25) is 0 Å². The molecule has 3 aromatic rings. The molecule has 0 bridgehead atoms. The average molecular weight is 446 g/mol. The number of benzene rings is 2. The van der Waals surface area contributed by atoms with Crippen molar-refractivity contribution in [1.82, 2.24) is 19.4 Å². The summed E-state index contributed by atoms with van der Waals surface area (Å²) < 4.78 is 1.75. The van der Waals surface area contributed by atoms with E-state index in [-0.39, 0.29) is 11.5 Å². The second-order valence-corrected chi connectivity index (χ2v) is 8.97. The number of anilines is 1. The summed E-state index contributed by atoms with van der Waals surface area (Å²) in [6.45, 7) is 6.25. The molecule has 1 amide bonds. The standard InChI is InChI=1S/C26H31N5O2/c32-24(29-18-16-28(17-19-29)20-21-8-2-1-3-9-21)12-15-31-23-11-5-4-10-22(23)27-25(26(31)33)30-13-6-7-14-30/h1-5,8-11H,6-7,12-20H2. The molecule has 2 fully saturated rings. The number of carbonyl (C=O) groups excluding carboxylic acids is 1. The normalized spacial score (nSPS) is 17.1. The van der Waals surface area contributed by atoms with Gasteiger partial charge in [0, 0.05) is 58.8 Å². The SMILES string of the molecule is O=C(CCn1c(=O)c(N2CCCC2)nc2ccccc21)N1CCN(Cc2ccccc2)CC1. The summed E-state index contributed by atoms with van der Waals surface area (Å²) in [5, 5.41) is 0. The van der Waals surface area contributed by atoms with Gasteiger partial charge >= 0.3 is 0 Å². The van der Waals surface area contributed by atoms with Crippen molar-refractivity contribution in [3.05, 3.63) is 70.5 Å². The summed E-state index contributed by atoms with van der Waals surface area (Å²) in [7, 11) is 0. The van der Waals surface area contributed by atoms with Crippen molar-refractivity contribution in [3.63, 3.8) is 0 Å². The maximum Gasteiger partial charge on any atom is 0.294 e. The Kier molecular flexibility index (Phi) is 6.39. The second kappa shape index (κ2) is 9.75. The molecule has 2 aliphatic rings. The molecule has 0 radical (unpaired) electrons. The zero-order valence-electron chi connectivity index (χ0n) is 19.0. The van der Waals surface area contributed by atoms with E-state index in [4.69, 9.17) is 0 Å². The Morgan fingerprint density at radius 3 is 2.30 bits per heavy atom. The number of piperazine rings is 1. The minimum Gasteiger partial charge on any atom is -0.352 e. The van der Waals surface area contributed by atoms with Gasteiger partial charge in [0.15, 0.2) is 5.82 Å². The third-order valence-corrected chi connectivity index (χ3v) is 6.76. The van der Waals surface area contributed by atoms with E-state index >= 15 is 0 Å². The van der Waals surface area contributed by atoms with Crippen LogP contribution >= 0.6 is 0 Å². The fraction of sp³-hybridized carbons (Fsp3) is 0.423. The van der Waals surface area contributed by atoms with Gasteiger partial charge < -0.3 is 14.4 Å². The zero-order valence-corrected chi connectivity index (χ0v) is 19.0. The predicted octanol–water partition coefficient (Wildman–Crippen LogP) is 2.73. The van der Waals surface area contributed by atoms with Crippen molar-refractivity contribution in [1.29, 1.82) is 0 Å². The number of hydrogen-bond acceptors (Lipinski definition) is 5. The van der Waals surface area contributed by atoms with E-state index in [9.17, 15) is 9.59 Å². The zero-order chi connectivity index (χ0) is 22.6. The highest BCUT2D eigenvalue weighted by Crippen LogP contribution is 2.19. The largest absolute Gasteiger partial charge is 0.352 e. The molecule has 7 heteroatoms. The summed E-state index contributed by atoms with van der Waals surface area (Å²) >= 11 is 0. The van der Waals surface area contributed by atoms with Gasteiger partial charge in [-0.1, -0.05) is 42.5 Å². The van der Waals surface area contributed by atoms with Gasteiger partial charge in [0.2, 0.25) is 5.91 Å². The van der Waals surface area contributed by atoms with E-state index < -0.39 is 0 Å². The minimum absolute atomic E-state index is 0.0870. The molecular weight excluding hydrogens is 414 g/mol. The van der Waals surface area contributed by atoms with Gasteiger partial charge in [-0.15, -0.1) is 0 Å². The van der Waals surface area contributed by atoms with Crippen LogP contribution in [-0.4, -0.2) is 64.5 Å². The number of aromatic nitrogens is 2. The first-order chi connectivity index (χ1) is 16.2. The highest BCUT2D eigenvalue weighted by molar-refractivity contribution is 5.78. The van der Waals surface area contributed by atoms with Gasteiger partial charge in [0.1, 0.15) is 0 Å². The van der Waals surface area contributed by atoms with Crippen molar-refractivity contribution in [2.45, 2.75) is 32.4 Å². The van der Waals surface area contributed by atoms with Crippen molar-refractivity contribution in [2.75, 3.05) is 44.2 Å². The molecule has 1 aromatic heterocycles. The Morgan fingerprint density at radius 1 is 0.848 bits per heavy atom. The van der Waals surface area contributed by atoms with Gasteiger partial charge in [0.25, 0.3) is 5.56 Å². The molecule has 33 heavy (non-hydrogen) atoms. The van der Waals surface area contributed by atoms with E-state index in [0.29, 0.717) is 18.8 Å². The van der Waals surface area contributed by atoms with E-state index in [2.05, 4.69) is 39.0 Å². The Morgan fingerprint density at radius 2 is 1.55 bits per heavy atom. The molecule has 2 saturated heterocycles. The lowest BCUT2D eigenvalue weighted by Gasteiger charge is -2.35. The molecule has 0 saturated carbocycles. The lowest BCUT2D eigenvalue weighted by molar-refractivity contribution is -0.133. The Labute approximate surface area is 194 Å². The van der Waals surface area contributed by atoms with Crippen molar-refractivity contribution >= 4 is 22.8 Å². The van der Waals surface area contributed by atoms with Gasteiger partial charge in [-0.3, -0.25) is 14.5 Å². The smallest absolute Gasteiger partial charge is 0.294 e. The fourth-order valence-electron chi connectivity index (χ4n) is 4.90. The Balaban J connectivity index is 1.25. The quantitative estimate of drug-likeness (QED) is 0.584. The predicted molar refractivity (Wildman–Crippen MR) is 130 cm³/mol. The van der Waals surface area contributed by atoms with Crippen LogP contribution in [-0.2, 0) is 17.9 Å². The number of amides is 1. The van der Waals surface area contributed by atoms with Gasteiger partial charge in [-0.2, -0.15) is 0 Å². The summed E-state index contributed by atoms with van der Waals surface area (Å²) in [4.78, 5) is 37.4. The molecule has 7 nitrogen and oxygen atoms in total. The molecule has 2 aromatic carbocycles. The van der Waals surface area contributed by atoms with Crippen LogP contribution in [0.3, 0.4) is 0 Å². The van der Waals surface area contributed by atoms with Crippen LogP contribution in [0.15, 0.2) is 59.4 Å². The number of hydrogen-bond donors (Lipinski definition) is 0. The van der Waals surface area contributed by atoms with Crippen LogP contribution in [0.25, 0.3) is 11.0 Å². The number of rotatable bonds is 6. The third-order valence-electron chi connectivity index (χ3n) is 6.76. The summed E-state index contributed by atoms with van der Waals surface area (Å²) in [5.74, 6) is 0.637. The maximum absolute atomic E-state index is 13.3. The highest BCUT2D eigenvalue weighted by atomic mass is 16.2. The third kappa shape index (κ3) is 4.78. The number of fused-ring (bicyclic) bond motifs is 1.